The Bertz CT molecular complexity index is 367. The van der Waals surface area contributed by atoms with Gasteiger partial charge in [-0.15, -0.1) is 0 Å². The number of aliphatic hydroxyl groups is 1. The number of hydrogen-bond donors (Lipinski definition) is 3. The van der Waals surface area contributed by atoms with E-state index >= 15 is 0 Å². The first-order chi connectivity index (χ1) is 10.2. The Kier molecular flexibility index (Phi) is 6.29. The van der Waals surface area contributed by atoms with Crippen LogP contribution >= 0.6 is 0 Å². The van der Waals surface area contributed by atoms with E-state index in [1.165, 1.54) is 12.8 Å². The van der Waals surface area contributed by atoms with E-state index in [2.05, 4.69) is 15.6 Å². The van der Waals surface area contributed by atoms with Crippen LogP contribution in [0.15, 0.2) is 4.99 Å². The molecule has 2 aliphatic rings. The Morgan fingerprint density at radius 2 is 2.10 bits per heavy atom. The van der Waals surface area contributed by atoms with Gasteiger partial charge in [-0.3, -0.25) is 9.79 Å². The highest BCUT2D eigenvalue weighted by Gasteiger charge is 2.32. The Morgan fingerprint density at radius 3 is 2.76 bits per heavy atom. The number of carbonyl (C=O) groups excluding carboxylic acids is 1. The highest BCUT2D eigenvalue weighted by Crippen LogP contribution is 2.27. The normalized spacial score (nSPS) is 23.6. The maximum Gasteiger partial charge on any atom is 0.225 e. The van der Waals surface area contributed by atoms with Crippen molar-refractivity contribution in [2.45, 2.75) is 45.1 Å². The average molecular weight is 296 g/mol. The molecule has 2 fully saturated rings. The summed E-state index contributed by atoms with van der Waals surface area (Å²) < 4.78 is 0. The number of nitrogens with one attached hydrogen (secondary N) is 2. The Labute approximate surface area is 127 Å². The van der Waals surface area contributed by atoms with Crippen molar-refractivity contribution in [3.8, 4) is 0 Å². The van der Waals surface area contributed by atoms with Crippen molar-refractivity contribution in [1.29, 1.82) is 0 Å². The van der Waals surface area contributed by atoms with Gasteiger partial charge >= 0.3 is 0 Å². The van der Waals surface area contributed by atoms with Gasteiger partial charge in [0.2, 0.25) is 5.91 Å². The summed E-state index contributed by atoms with van der Waals surface area (Å²) in [5, 5.41) is 15.4. The predicted molar refractivity (Wildman–Crippen MR) is 83.1 cm³/mol. The standard InChI is InChI=1S/C15H28N4O2/c1-2-16-15(17-8-10-20)18-13-7-9-19(11-13)14(21)12-5-3-4-6-12/h12-13,20H,2-11H2,1H3,(H2,16,17,18). The molecule has 1 unspecified atom stereocenters. The summed E-state index contributed by atoms with van der Waals surface area (Å²) in [5.74, 6) is 1.33. The lowest BCUT2D eigenvalue weighted by atomic mass is 10.1. The van der Waals surface area contributed by atoms with Crippen LogP contribution in [0.1, 0.15) is 39.0 Å². The van der Waals surface area contributed by atoms with Crippen LogP contribution in [0.2, 0.25) is 0 Å². The van der Waals surface area contributed by atoms with Gasteiger partial charge in [-0.1, -0.05) is 12.8 Å². The third-order valence-electron chi connectivity index (χ3n) is 4.26. The van der Waals surface area contributed by atoms with Gasteiger partial charge in [0.1, 0.15) is 0 Å². The lowest BCUT2D eigenvalue weighted by Gasteiger charge is -2.21. The number of likely N-dealkylation sites (tertiary alicyclic amines) is 1. The maximum absolute atomic E-state index is 12.4. The molecule has 0 radical (unpaired) electrons. The smallest absolute Gasteiger partial charge is 0.225 e. The van der Waals surface area contributed by atoms with Gasteiger partial charge < -0.3 is 20.6 Å². The van der Waals surface area contributed by atoms with E-state index in [-0.39, 0.29) is 18.6 Å². The summed E-state index contributed by atoms with van der Waals surface area (Å²) in [6.45, 7) is 4.85. The molecule has 120 valence electrons. The molecule has 6 nitrogen and oxygen atoms in total. The van der Waals surface area contributed by atoms with E-state index in [0.717, 1.165) is 44.9 Å². The van der Waals surface area contributed by atoms with Crippen molar-refractivity contribution < 1.29 is 9.90 Å². The lowest BCUT2D eigenvalue weighted by Crippen LogP contribution is -2.45. The van der Waals surface area contributed by atoms with Gasteiger partial charge in [-0.05, 0) is 26.2 Å². The molecular weight excluding hydrogens is 268 g/mol. The number of rotatable bonds is 5. The lowest BCUT2D eigenvalue weighted by molar-refractivity contribution is -0.134. The number of aliphatic imine (C=N–C) groups is 1. The van der Waals surface area contributed by atoms with E-state index < -0.39 is 0 Å². The van der Waals surface area contributed by atoms with E-state index in [1.807, 2.05) is 11.8 Å². The molecule has 1 saturated carbocycles. The van der Waals surface area contributed by atoms with Crippen LogP contribution in [-0.2, 0) is 4.79 Å². The molecule has 1 atom stereocenters. The number of hydrogen-bond acceptors (Lipinski definition) is 3. The van der Waals surface area contributed by atoms with Crippen LogP contribution in [0.25, 0.3) is 0 Å². The molecule has 1 aliphatic heterocycles. The fourth-order valence-corrected chi connectivity index (χ4v) is 3.18. The Balaban J connectivity index is 1.81. The number of guanidine groups is 1. The van der Waals surface area contributed by atoms with Crippen LogP contribution in [0.3, 0.4) is 0 Å². The van der Waals surface area contributed by atoms with Crippen molar-refractivity contribution in [1.82, 2.24) is 15.5 Å². The molecule has 1 saturated heterocycles. The molecular formula is C15H28N4O2. The van der Waals surface area contributed by atoms with E-state index in [1.54, 1.807) is 0 Å². The zero-order chi connectivity index (χ0) is 15.1. The van der Waals surface area contributed by atoms with Crippen LogP contribution in [-0.4, -0.2) is 60.7 Å². The first-order valence-corrected chi connectivity index (χ1v) is 8.19. The van der Waals surface area contributed by atoms with Crippen LogP contribution in [0, 0.1) is 5.92 Å². The zero-order valence-electron chi connectivity index (χ0n) is 13.0. The van der Waals surface area contributed by atoms with Crippen LogP contribution < -0.4 is 10.6 Å². The van der Waals surface area contributed by atoms with Gasteiger partial charge in [0.15, 0.2) is 5.96 Å². The van der Waals surface area contributed by atoms with Gasteiger partial charge in [0.05, 0.1) is 13.2 Å². The molecule has 21 heavy (non-hydrogen) atoms. The first-order valence-electron chi connectivity index (χ1n) is 8.19. The minimum Gasteiger partial charge on any atom is -0.394 e. The molecule has 0 aromatic carbocycles. The molecule has 0 spiro atoms. The number of amides is 1. The largest absolute Gasteiger partial charge is 0.394 e. The van der Waals surface area contributed by atoms with Gasteiger partial charge in [-0.2, -0.15) is 0 Å². The molecule has 0 bridgehead atoms. The van der Waals surface area contributed by atoms with Crippen molar-refractivity contribution in [2.24, 2.45) is 10.9 Å². The Morgan fingerprint density at radius 1 is 1.33 bits per heavy atom. The minimum atomic E-state index is 0.0491. The van der Waals surface area contributed by atoms with Crippen LogP contribution in [0.4, 0.5) is 0 Å². The van der Waals surface area contributed by atoms with E-state index in [0.29, 0.717) is 12.5 Å². The second kappa shape index (κ2) is 8.22. The van der Waals surface area contributed by atoms with E-state index in [4.69, 9.17) is 5.11 Å². The van der Waals surface area contributed by atoms with Crippen molar-refractivity contribution in [3.63, 3.8) is 0 Å². The number of nitrogens with zero attached hydrogens (tertiary/aromatic N) is 2. The predicted octanol–water partition coefficient (Wildman–Crippen LogP) is 0.325. The monoisotopic (exact) mass is 296 g/mol. The van der Waals surface area contributed by atoms with Gasteiger partial charge in [0.25, 0.3) is 0 Å². The molecule has 6 heteroatoms. The molecule has 3 N–H and O–H groups in total. The molecule has 1 aliphatic carbocycles. The Hall–Kier alpha value is -1.30. The third-order valence-corrected chi connectivity index (χ3v) is 4.26. The summed E-state index contributed by atoms with van der Waals surface area (Å²) in [6, 6.07) is 0.256. The van der Waals surface area contributed by atoms with Gasteiger partial charge in [-0.25, -0.2) is 0 Å². The number of carbonyl (C=O) groups is 1. The van der Waals surface area contributed by atoms with Crippen molar-refractivity contribution in [2.75, 3.05) is 32.8 Å². The molecule has 0 aromatic rings. The van der Waals surface area contributed by atoms with E-state index in [9.17, 15) is 4.79 Å². The summed E-state index contributed by atoms with van der Waals surface area (Å²) in [6.07, 6.45) is 5.48. The third kappa shape index (κ3) is 4.59. The molecule has 0 aromatic heterocycles. The molecule has 1 amide bonds. The molecule has 1 heterocycles. The minimum absolute atomic E-state index is 0.0491. The fourth-order valence-electron chi connectivity index (χ4n) is 3.18. The second-order valence-electron chi connectivity index (χ2n) is 5.88. The number of aliphatic hydroxyl groups excluding tert-OH is 1. The summed E-state index contributed by atoms with van der Waals surface area (Å²) >= 11 is 0. The summed E-state index contributed by atoms with van der Waals surface area (Å²) in [7, 11) is 0. The average Bonchev–Trinajstić information content (AvgIpc) is 3.15. The quantitative estimate of drug-likeness (QED) is 0.504. The first kappa shape index (κ1) is 16.1. The summed E-state index contributed by atoms with van der Waals surface area (Å²) in [5.41, 5.74) is 0. The highest BCUT2D eigenvalue weighted by atomic mass is 16.3. The SMILES string of the molecule is CCNC(=NCCO)NC1CCN(C(=O)C2CCCC2)C1. The highest BCUT2D eigenvalue weighted by molar-refractivity contribution is 5.81. The second-order valence-corrected chi connectivity index (χ2v) is 5.88. The topological polar surface area (TPSA) is 77.0 Å². The fraction of sp³-hybridized carbons (Fsp3) is 0.867. The van der Waals surface area contributed by atoms with Crippen LogP contribution in [0.5, 0.6) is 0 Å². The summed E-state index contributed by atoms with van der Waals surface area (Å²) in [4.78, 5) is 18.7. The van der Waals surface area contributed by atoms with Gasteiger partial charge in [0, 0.05) is 31.6 Å². The maximum atomic E-state index is 12.4. The molecule has 2 rings (SSSR count). The zero-order valence-corrected chi connectivity index (χ0v) is 13.0. The van der Waals surface area contributed by atoms with Crippen molar-refractivity contribution >= 4 is 11.9 Å². The van der Waals surface area contributed by atoms with Crippen molar-refractivity contribution in [3.05, 3.63) is 0 Å².